The van der Waals surface area contributed by atoms with Crippen molar-refractivity contribution in [1.82, 2.24) is 14.8 Å². The summed E-state index contributed by atoms with van der Waals surface area (Å²) >= 11 is 0. The molecule has 100 valence electrons. The Bertz CT molecular complexity index is 590. The quantitative estimate of drug-likeness (QED) is 0.888. The van der Waals surface area contributed by atoms with Crippen molar-refractivity contribution < 1.29 is 9.90 Å². The number of benzene rings is 1. The van der Waals surface area contributed by atoms with E-state index in [2.05, 4.69) is 29.1 Å². The number of aryl methyl sites for hydroxylation is 3. The van der Waals surface area contributed by atoms with Gasteiger partial charge in [0.05, 0.1) is 6.42 Å². The lowest BCUT2D eigenvalue weighted by atomic mass is 10.1. The van der Waals surface area contributed by atoms with Gasteiger partial charge in [-0.2, -0.15) is 5.10 Å². The Labute approximate surface area is 111 Å². The Morgan fingerprint density at radius 1 is 1.37 bits per heavy atom. The van der Waals surface area contributed by atoms with Gasteiger partial charge in [-0.15, -0.1) is 0 Å². The van der Waals surface area contributed by atoms with Crippen LogP contribution in [0.4, 0.5) is 0 Å². The van der Waals surface area contributed by atoms with Crippen LogP contribution in [0.15, 0.2) is 24.3 Å². The fourth-order valence-electron chi connectivity index (χ4n) is 1.93. The fourth-order valence-corrected chi connectivity index (χ4v) is 1.93. The molecule has 0 bridgehead atoms. The van der Waals surface area contributed by atoms with Crippen molar-refractivity contribution >= 4 is 5.97 Å². The molecule has 1 aromatic heterocycles. The van der Waals surface area contributed by atoms with Gasteiger partial charge in [-0.05, 0) is 18.1 Å². The van der Waals surface area contributed by atoms with Gasteiger partial charge in [-0.3, -0.25) is 9.48 Å². The molecule has 19 heavy (non-hydrogen) atoms. The van der Waals surface area contributed by atoms with Gasteiger partial charge in [0.1, 0.15) is 5.82 Å². The molecule has 2 rings (SSSR count). The van der Waals surface area contributed by atoms with Crippen LogP contribution < -0.4 is 0 Å². The molecule has 1 aromatic carbocycles. The van der Waals surface area contributed by atoms with Crippen LogP contribution in [0.3, 0.4) is 0 Å². The normalized spacial score (nSPS) is 10.6. The molecule has 0 aliphatic carbocycles. The lowest BCUT2D eigenvalue weighted by Crippen LogP contribution is -2.01. The van der Waals surface area contributed by atoms with Gasteiger partial charge in [0, 0.05) is 19.9 Å². The number of rotatable bonds is 5. The zero-order valence-corrected chi connectivity index (χ0v) is 11.1. The first-order chi connectivity index (χ1) is 9.06. The standard InChI is InChI=1S/C14H17N3O2/c1-10-5-3-4-6-11(10)9-13-15-12(16-17(13)2)7-8-14(18)19/h3-6H,7-9H2,1-2H3,(H,18,19). The van der Waals surface area contributed by atoms with Crippen LogP contribution >= 0.6 is 0 Å². The van der Waals surface area contributed by atoms with E-state index in [-0.39, 0.29) is 6.42 Å². The lowest BCUT2D eigenvalue weighted by Gasteiger charge is -2.04. The molecule has 0 saturated carbocycles. The Morgan fingerprint density at radius 2 is 2.11 bits per heavy atom. The minimum atomic E-state index is -0.826. The van der Waals surface area contributed by atoms with Crippen molar-refractivity contribution in [1.29, 1.82) is 0 Å². The average Bonchev–Trinajstić information content (AvgIpc) is 2.71. The second-order valence-electron chi connectivity index (χ2n) is 4.56. The van der Waals surface area contributed by atoms with Gasteiger partial charge >= 0.3 is 5.97 Å². The van der Waals surface area contributed by atoms with Gasteiger partial charge in [-0.25, -0.2) is 4.98 Å². The highest BCUT2D eigenvalue weighted by molar-refractivity contribution is 5.66. The van der Waals surface area contributed by atoms with E-state index in [0.717, 1.165) is 5.82 Å². The third-order valence-corrected chi connectivity index (χ3v) is 3.07. The molecule has 0 aliphatic rings. The highest BCUT2D eigenvalue weighted by Crippen LogP contribution is 2.12. The van der Waals surface area contributed by atoms with E-state index in [0.29, 0.717) is 18.7 Å². The monoisotopic (exact) mass is 259 g/mol. The number of aromatic nitrogens is 3. The first-order valence-electron chi connectivity index (χ1n) is 6.21. The van der Waals surface area contributed by atoms with E-state index in [1.54, 1.807) is 4.68 Å². The summed E-state index contributed by atoms with van der Waals surface area (Å²) < 4.78 is 1.73. The topological polar surface area (TPSA) is 68.0 Å². The predicted molar refractivity (Wildman–Crippen MR) is 70.9 cm³/mol. The van der Waals surface area contributed by atoms with E-state index in [1.807, 2.05) is 19.2 Å². The molecule has 0 atom stereocenters. The smallest absolute Gasteiger partial charge is 0.303 e. The SMILES string of the molecule is Cc1ccccc1Cc1nc(CCC(=O)O)nn1C. The predicted octanol–water partition coefficient (Wildman–Crippen LogP) is 1.73. The number of hydrogen-bond donors (Lipinski definition) is 1. The summed E-state index contributed by atoms with van der Waals surface area (Å²) in [6.45, 7) is 2.07. The van der Waals surface area contributed by atoms with Gasteiger partial charge in [-0.1, -0.05) is 24.3 Å². The van der Waals surface area contributed by atoms with Crippen LogP contribution in [0, 0.1) is 6.92 Å². The summed E-state index contributed by atoms with van der Waals surface area (Å²) in [5, 5.41) is 12.9. The van der Waals surface area contributed by atoms with Crippen molar-refractivity contribution in [3.05, 3.63) is 47.0 Å². The fraction of sp³-hybridized carbons (Fsp3) is 0.357. The molecule has 5 heteroatoms. The van der Waals surface area contributed by atoms with Gasteiger partial charge in [0.15, 0.2) is 5.82 Å². The summed E-state index contributed by atoms with van der Waals surface area (Å²) in [5.41, 5.74) is 2.43. The Kier molecular flexibility index (Phi) is 3.94. The summed E-state index contributed by atoms with van der Waals surface area (Å²) in [7, 11) is 1.84. The van der Waals surface area contributed by atoms with Crippen LogP contribution in [-0.2, 0) is 24.7 Å². The number of aliphatic carboxylic acids is 1. The Morgan fingerprint density at radius 3 is 2.79 bits per heavy atom. The highest BCUT2D eigenvalue weighted by Gasteiger charge is 2.10. The van der Waals surface area contributed by atoms with Crippen LogP contribution in [0.2, 0.25) is 0 Å². The van der Waals surface area contributed by atoms with Crippen molar-refractivity contribution in [2.75, 3.05) is 0 Å². The summed E-state index contributed by atoms with van der Waals surface area (Å²) in [6, 6.07) is 8.15. The van der Waals surface area contributed by atoms with E-state index in [9.17, 15) is 4.79 Å². The molecule has 1 heterocycles. The summed E-state index contributed by atoms with van der Waals surface area (Å²) in [5.74, 6) is 0.621. The van der Waals surface area contributed by atoms with E-state index in [4.69, 9.17) is 5.11 Å². The Hall–Kier alpha value is -2.17. The zero-order valence-electron chi connectivity index (χ0n) is 11.1. The summed E-state index contributed by atoms with van der Waals surface area (Å²) in [6.07, 6.45) is 1.15. The molecule has 0 aliphatic heterocycles. The average molecular weight is 259 g/mol. The number of carbonyl (C=O) groups is 1. The third kappa shape index (κ3) is 3.40. The molecule has 5 nitrogen and oxygen atoms in total. The molecule has 0 amide bonds. The third-order valence-electron chi connectivity index (χ3n) is 3.07. The molecule has 2 aromatic rings. The molecular formula is C14H17N3O2. The summed E-state index contributed by atoms with van der Waals surface area (Å²) in [4.78, 5) is 14.9. The second-order valence-corrected chi connectivity index (χ2v) is 4.56. The number of carboxylic acid groups (broad SMARTS) is 1. The molecule has 0 radical (unpaired) electrons. The zero-order chi connectivity index (χ0) is 13.8. The highest BCUT2D eigenvalue weighted by atomic mass is 16.4. The number of carboxylic acids is 1. The first-order valence-corrected chi connectivity index (χ1v) is 6.21. The van der Waals surface area contributed by atoms with Crippen molar-refractivity contribution in [2.45, 2.75) is 26.2 Å². The van der Waals surface area contributed by atoms with Gasteiger partial charge < -0.3 is 5.11 Å². The molecule has 0 fully saturated rings. The van der Waals surface area contributed by atoms with Gasteiger partial charge in [0.2, 0.25) is 0 Å². The Balaban J connectivity index is 2.13. The van der Waals surface area contributed by atoms with Crippen LogP contribution in [0.25, 0.3) is 0 Å². The molecule has 1 N–H and O–H groups in total. The first kappa shape index (κ1) is 13.3. The van der Waals surface area contributed by atoms with Crippen LogP contribution in [-0.4, -0.2) is 25.8 Å². The molecule has 0 unspecified atom stereocenters. The van der Waals surface area contributed by atoms with E-state index < -0.39 is 5.97 Å². The lowest BCUT2D eigenvalue weighted by molar-refractivity contribution is -0.137. The van der Waals surface area contributed by atoms with Crippen LogP contribution in [0.5, 0.6) is 0 Å². The van der Waals surface area contributed by atoms with E-state index in [1.165, 1.54) is 11.1 Å². The van der Waals surface area contributed by atoms with Crippen molar-refractivity contribution in [3.8, 4) is 0 Å². The number of hydrogen-bond acceptors (Lipinski definition) is 3. The van der Waals surface area contributed by atoms with Crippen LogP contribution in [0.1, 0.15) is 29.2 Å². The molecule has 0 saturated heterocycles. The van der Waals surface area contributed by atoms with E-state index >= 15 is 0 Å². The minimum Gasteiger partial charge on any atom is -0.481 e. The van der Waals surface area contributed by atoms with Crippen molar-refractivity contribution in [2.24, 2.45) is 7.05 Å². The largest absolute Gasteiger partial charge is 0.481 e. The second kappa shape index (κ2) is 5.65. The maximum absolute atomic E-state index is 10.5. The molecular weight excluding hydrogens is 242 g/mol. The van der Waals surface area contributed by atoms with Gasteiger partial charge in [0.25, 0.3) is 0 Å². The minimum absolute atomic E-state index is 0.0633. The van der Waals surface area contributed by atoms with Crippen molar-refractivity contribution in [3.63, 3.8) is 0 Å². The maximum Gasteiger partial charge on any atom is 0.303 e. The maximum atomic E-state index is 10.5. The molecule has 0 spiro atoms. The number of nitrogens with zero attached hydrogens (tertiary/aromatic N) is 3.